The van der Waals surface area contributed by atoms with Crippen LogP contribution in [0.3, 0.4) is 0 Å². The number of carbonyl (C=O) groups is 1. The third-order valence-electron chi connectivity index (χ3n) is 3.89. The first-order chi connectivity index (χ1) is 9.98. The number of anilines is 1. The summed E-state index contributed by atoms with van der Waals surface area (Å²) < 4.78 is 5.54. The molecule has 2 rings (SSSR count). The zero-order chi connectivity index (χ0) is 15.5. The highest BCUT2D eigenvalue weighted by Gasteiger charge is 2.42. The molecule has 5 nitrogen and oxygen atoms in total. The third kappa shape index (κ3) is 3.88. The van der Waals surface area contributed by atoms with Gasteiger partial charge in [-0.1, -0.05) is 6.07 Å². The lowest BCUT2D eigenvalue weighted by molar-refractivity contribution is 0.159. The van der Waals surface area contributed by atoms with Crippen LogP contribution in [-0.2, 0) is 0 Å². The molecule has 0 aliphatic heterocycles. The number of rotatable bonds is 6. The van der Waals surface area contributed by atoms with E-state index in [2.05, 4.69) is 10.6 Å². The Morgan fingerprint density at radius 1 is 1.48 bits per heavy atom. The summed E-state index contributed by atoms with van der Waals surface area (Å²) in [5, 5.41) is 15.2. The van der Waals surface area contributed by atoms with Crippen molar-refractivity contribution in [2.45, 2.75) is 39.2 Å². The number of hydrogen-bond donors (Lipinski definition) is 3. The van der Waals surface area contributed by atoms with Crippen molar-refractivity contribution in [1.29, 1.82) is 0 Å². The number of aryl methyl sites for hydroxylation is 1. The fourth-order valence-corrected chi connectivity index (χ4v) is 2.41. The van der Waals surface area contributed by atoms with Gasteiger partial charge in [-0.2, -0.15) is 0 Å². The highest BCUT2D eigenvalue weighted by molar-refractivity contribution is 5.91. The van der Waals surface area contributed by atoms with Gasteiger partial charge in [0.2, 0.25) is 0 Å². The Kier molecular flexibility index (Phi) is 4.73. The Morgan fingerprint density at radius 3 is 2.76 bits per heavy atom. The normalized spacial score (nSPS) is 17.0. The summed E-state index contributed by atoms with van der Waals surface area (Å²) in [6.45, 7) is 6.24. The van der Waals surface area contributed by atoms with Gasteiger partial charge >= 0.3 is 6.03 Å². The highest BCUT2D eigenvalue weighted by atomic mass is 16.5. The van der Waals surface area contributed by atoms with E-state index in [1.54, 1.807) is 0 Å². The molecular weight excluding hydrogens is 268 g/mol. The number of hydrogen-bond acceptors (Lipinski definition) is 3. The maximum Gasteiger partial charge on any atom is 0.319 e. The van der Waals surface area contributed by atoms with Gasteiger partial charge < -0.3 is 20.5 Å². The van der Waals surface area contributed by atoms with Gasteiger partial charge in [0.05, 0.1) is 24.4 Å². The number of benzene rings is 1. The lowest BCUT2D eigenvalue weighted by Gasteiger charge is -2.29. The molecule has 1 atom stereocenters. The molecule has 0 heterocycles. The molecule has 0 aromatic heterocycles. The molecular formula is C16H24N2O3. The van der Waals surface area contributed by atoms with E-state index in [0.29, 0.717) is 24.0 Å². The van der Waals surface area contributed by atoms with Crippen molar-refractivity contribution < 1.29 is 14.6 Å². The van der Waals surface area contributed by atoms with Gasteiger partial charge in [0.15, 0.2) is 0 Å². The summed E-state index contributed by atoms with van der Waals surface area (Å²) >= 11 is 0. The quantitative estimate of drug-likeness (QED) is 0.755. The zero-order valence-corrected chi connectivity index (χ0v) is 12.9. The number of ether oxygens (including phenoxy) is 1. The molecule has 1 aliphatic rings. The molecule has 2 amide bonds. The van der Waals surface area contributed by atoms with Crippen LogP contribution in [0.25, 0.3) is 0 Å². The minimum absolute atomic E-state index is 0.0582. The molecule has 0 bridgehead atoms. The van der Waals surface area contributed by atoms with Crippen LogP contribution in [0, 0.1) is 12.8 Å². The highest BCUT2D eigenvalue weighted by Crippen LogP contribution is 2.39. The minimum atomic E-state index is -0.555. The largest absolute Gasteiger partial charge is 0.492 e. The fraction of sp³-hybridized carbons (Fsp3) is 0.562. The van der Waals surface area contributed by atoms with E-state index in [0.717, 1.165) is 18.4 Å². The zero-order valence-electron chi connectivity index (χ0n) is 12.9. The van der Waals surface area contributed by atoms with E-state index in [1.165, 1.54) is 0 Å². The van der Waals surface area contributed by atoms with E-state index in [4.69, 9.17) is 4.74 Å². The monoisotopic (exact) mass is 292 g/mol. The van der Waals surface area contributed by atoms with Gasteiger partial charge in [-0.15, -0.1) is 0 Å². The fourth-order valence-electron chi connectivity index (χ4n) is 2.41. The molecule has 1 aromatic rings. The first kappa shape index (κ1) is 15.6. The molecule has 3 N–H and O–H groups in total. The van der Waals surface area contributed by atoms with E-state index in [-0.39, 0.29) is 12.6 Å². The van der Waals surface area contributed by atoms with Gasteiger partial charge in [0.1, 0.15) is 5.75 Å². The predicted molar refractivity (Wildman–Crippen MR) is 82.7 cm³/mol. The first-order valence-electron chi connectivity index (χ1n) is 7.42. The van der Waals surface area contributed by atoms with Crippen molar-refractivity contribution in [2.75, 3.05) is 18.5 Å². The SMILES string of the molecule is CCOc1cc(C)ccc1NC(=O)NC(C)(CO)C1CC1. The number of aliphatic hydroxyl groups is 1. The average molecular weight is 292 g/mol. The molecule has 1 aromatic carbocycles. The number of carbonyl (C=O) groups excluding carboxylic acids is 1. The summed E-state index contributed by atoms with van der Waals surface area (Å²) in [6, 6.07) is 5.33. The Labute approximate surface area is 125 Å². The molecule has 5 heteroatoms. The van der Waals surface area contributed by atoms with Gasteiger partial charge in [0.25, 0.3) is 0 Å². The summed E-state index contributed by atoms with van der Waals surface area (Å²) in [7, 11) is 0. The summed E-state index contributed by atoms with van der Waals surface area (Å²) in [5.41, 5.74) is 1.15. The molecule has 1 aliphatic carbocycles. The Hall–Kier alpha value is -1.75. The lowest BCUT2D eigenvalue weighted by Crippen LogP contribution is -2.52. The molecule has 1 unspecified atom stereocenters. The summed E-state index contributed by atoms with van der Waals surface area (Å²) in [6.07, 6.45) is 2.10. The van der Waals surface area contributed by atoms with Crippen molar-refractivity contribution in [3.63, 3.8) is 0 Å². The smallest absolute Gasteiger partial charge is 0.319 e. The topological polar surface area (TPSA) is 70.6 Å². The van der Waals surface area contributed by atoms with Crippen LogP contribution in [0.4, 0.5) is 10.5 Å². The molecule has 0 spiro atoms. The maximum absolute atomic E-state index is 12.2. The second kappa shape index (κ2) is 6.35. The molecule has 0 radical (unpaired) electrons. The summed E-state index contributed by atoms with van der Waals surface area (Å²) in [4.78, 5) is 12.2. The Bertz CT molecular complexity index is 514. The molecule has 1 saturated carbocycles. The standard InChI is InChI=1S/C16H24N2O3/c1-4-21-14-9-11(2)5-8-13(14)17-15(20)18-16(3,10-19)12-6-7-12/h5,8-9,12,19H,4,6-7,10H2,1-3H3,(H2,17,18,20). The van der Waals surface area contributed by atoms with Gasteiger partial charge in [0, 0.05) is 0 Å². The molecule has 116 valence electrons. The van der Waals surface area contributed by atoms with Crippen LogP contribution in [0.15, 0.2) is 18.2 Å². The van der Waals surface area contributed by atoms with Crippen LogP contribution >= 0.6 is 0 Å². The number of amides is 2. The summed E-state index contributed by atoms with van der Waals surface area (Å²) in [5.74, 6) is 1.02. The van der Waals surface area contributed by atoms with Crippen molar-refractivity contribution >= 4 is 11.7 Å². The third-order valence-corrected chi connectivity index (χ3v) is 3.89. The number of urea groups is 1. The van der Waals surface area contributed by atoms with E-state index >= 15 is 0 Å². The van der Waals surface area contributed by atoms with E-state index < -0.39 is 5.54 Å². The molecule has 1 fully saturated rings. The maximum atomic E-state index is 12.2. The lowest BCUT2D eigenvalue weighted by atomic mass is 9.97. The molecule has 0 saturated heterocycles. The van der Waals surface area contributed by atoms with Crippen LogP contribution in [0.5, 0.6) is 5.75 Å². The predicted octanol–water partition coefficient (Wildman–Crippen LogP) is 2.68. The van der Waals surface area contributed by atoms with Gasteiger partial charge in [-0.25, -0.2) is 4.79 Å². The number of aliphatic hydroxyl groups excluding tert-OH is 1. The first-order valence-corrected chi connectivity index (χ1v) is 7.42. The number of nitrogens with one attached hydrogen (secondary N) is 2. The average Bonchev–Trinajstić information content (AvgIpc) is 3.27. The van der Waals surface area contributed by atoms with Crippen molar-refractivity contribution in [3.05, 3.63) is 23.8 Å². The van der Waals surface area contributed by atoms with Crippen molar-refractivity contribution in [3.8, 4) is 5.75 Å². The Balaban J connectivity index is 2.05. The van der Waals surface area contributed by atoms with Crippen LogP contribution in [0.1, 0.15) is 32.3 Å². The minimum Gasteiger partial charge on any atom is -0.492 e. The van der Waals surface area contributed by atoms with Crippen LogP contribution in [0.2, 0.25) is 0 Å². The molecule has 21 heavy (non-hydrogen) atoms. The Morgan fingerprint density at radius 2 is 2.19 bits per heavy atom. The van der Waals surface area contributed by atoms with Crippen LogP contribution in [-0.4, -0.2) is 29.9 Å². The van der Waals surface area contributed by atoms with Crippen molar-refractivity contribution in [2.24, 2.45) is 5.92 Å². The van der Waals surface area contributed by atoms with Gasteiger partial charge in [-0.3, -0.25) is 0 Å². The van der Waals surface area contributed by atoms with Crippen molar-refractivity contribution in [1.82, 2.24) is 5.32 Å². The van der Waals surface area contributed by atoms with Crippen LogP contribution < -0.4 is 15.4 Å². The second-order valence-electron chi connectivity index (χ2n) is 5.86. The van der Waals surface area contributed by atoms with E-state index in [1.807, 2.05) is 39.0 Å². The van der Waals surface area contributed by atoms with Gasteiger partial charge in [-0.05, 0) is 57.2 Å². The van der Waals surface area contributed by atoms with E-state index in [9.17, 15) is 9.90 Å². The second-order valence-corrected chi connectivity index (χ2v) is 5.86.